The van der Waals surface area contributed by atoms with E-state index in [-0.39, 0.29) is 17.2 Å². The molecule has 162 valence electrons. The van der Waals surface area contributed by atoms with Gasteiger partial charge in [-0.3, -0.25) is 4.79 Å². The van der Waals surface area contributed by atoms with Gasteiger partial charge in [0.05, 0.1) is 14.9 Å². The number of amides is 1. The zero-order chi connectivity index (χ0) is 21.9. The Morgan fingerprint density at radius 1 is 1.03 bits per heavy atom. The van der Waals surface area contributed by atoms with E-state index < -0.39 is 10.0 Å². The van der Waals surface area contributed by atoms with Gasteiger partial charge in [-0.15, -0.1) is 0 Å². The predicted molar refractivity (Wildman–Crippen MR) is 121 cm³/mol. The highest BCUT2D eigenvalue weighted by Crippen LogP contribution is 2.25. The van der Waals surface area contributed by atoms with Gasteiger partial charge in [-0.2, -0.15) is 4.31 Å². The lowest BCUT2D eigenvalue weighted by atomic mass is 10.1. The predicted octanol–water partition coefficient (Wildman–Crippen LogP) is 3.81. The van der Waals surface area contributed by atoms with Crippen LogP contribution in [0.5, 0.6) is 0 Å². The molecule has 1 N–H and O–H groups in total. The van der Waals surface area contributed by atoms with Crippen LogP contribution in [0.2, 0.25) is 10.0 Å². The second-order valence-corrected chi connectivity index (χ2v) is 10.2. The number of nitrogens with one attached hydrogen (secondary N) is 1. The summed E-state index contributed by atoms with van der Waals surface area (Å²) in [6, 6.07) is 10.2. The van der Waals surface area contributed by atoms with Crippen LogP contribution < -0.4 is 5.32 Å². The fourth-order valence-electron chi connectivity index (χ4n) is 3.30. The monoisotopic (exact) mass is 469 g/mol. The highest BCUT2D eigenvalue weighted by Gasteiger charge is 2.29. The number of carbonyl (C=O) groups excluding carboxylic acids is 1. The van der Waals surface area contributed by atoms with Crippen LogP contribution in [-0.4, -0.2) is 56.8 Å². The number of nitrogens with zero attached hydrogens (tertiary/aromatic N) is 2. The van der Waals surface area contributed by atoms with Gasteiger partial charge in [0.1, 0.15) is 0 Å². The smallest absolute Gasteiger partial charge is 0.243 e. The second kappa shape index (κ2) is 9.66. The van der Waals surface area contributed by atoms with Gasteiger partial charge in [-0.05, 0) is 55.8 Å². The van der Waals surface area contributed by atoms with Crippen molar-refractivity contribution in [3.63, 3.8) is 0 Å². The third-order valence-corrected chi connectivity index (χ3v) is 7.96. The number of rotatable bonds is 6. The highest BCUT2D eigenvalue weighted by molar-refractivity contribution is 7.89. The first-order valence-corrected chi connectivity index (χ1v) is 11.9. The van der Waals surface area contributed by atoms with Gasteiger partial charge in [-0.25, -0.2) is 8.42 Å². The molecule has 9 heteroatoms. The molecule has 0 radical (unpaired) electrons. The van der Waals surface area contributed by atoms with E-state index in [1.807, 2.05) is 13.1 Å². The average Bonchev–Trinajstić information content (AvgIpc) is 2.70. The van der Waals surface area contributed by atoms with E-state index in [4.69, 9.17) is 23.2 Å². The van der Waals surface area contributed by atoms with Crippen LogP contribution in [0, 0.1) is 6.92 Å². The van der Waals surface area contributed by atoms with Gasteiger partial charge < -0.3 is 10.2 Å². The maximum atomic E-state index is 13.1. The van der Waals surface area contributed by atoms with E-state index in [1.165, 1.54) is 4.31 Å². The minimum atomic E-state index is -3.61. The van der Waals surface area contributed by atoms with Crippen molar-refractivity contribution in [2.45, 2.75) is 24.7 Å². The first-order chi connectivity index (χ1) is 14.2. The van der Waals surface area contributed by atoms with Crippen molar-refractivity contribution in [1.29, 1.82) is 0 Å². The van der Waals surface area contributed by atoms with Gasteiger partial charge >= 0.3 is 0 Å². The Labute approximate surface area is 187 Å². The fraction of sp³-hybridized carbons (Fsp3) is 0.381. The van der Waals surface area contributed by atoms with Gasteiger partial charge in [0.15, 0.2) is 0 Å². The van der Waals surface area contributed by atoms with E-state index in [1.54, 1.807) is 37.3 Å². The van der Waals surface area contributed by atoms with Crippen molar-refractivity contribution in [2.75, 3.05) is 38.5 Å². The molecular weight excluding hydrogens is 445 g/mol. The molecule has 1 amide bonds. The van der Waals surface area contributed by atoms with Crippen LogP contribution in [0.3, 0.4) is 0 Å². The maximum absolute atomic E-state index is 13.1. The summed E-state index contributed by atoms with van der Waals surface area (Å²) in [5, 5.41) is 3.72. The quantitative estimate of drug-likeness (QED) is 0.697. The van der Waals surface area contributed by atoms with Crippen LogP contribution in [0.15, 0.2) is 41.3 Å². The van der Waals surface area contributed by atoms with Gasteiger partial charge in [0.2, 0.25) is 15.9 Å². The summed E-state index contributed by atoms with van der Waals surface area (Å²) in [5.74, 6) is -0.201. The van der Waals surface area contributed by atoms with Gasteiger partial charge in [0, 0.05) is 38.3 Å². The molecule has 1 aliphatic rings. The van der Waals surface area contributed by atoms with Crippen LogP contribution >= 0.6 is 23.2 Å². The van der Waals surface area contributed by atoms with Crippen molar-refractivity contribution in [3.8, 4) is 0 Å². The molecule has 6 nitrogen and oxygen atoms in total. The van der Waals surface area contributed by atoms with Crippen LogP contribution in [-0.2, 0) is 21.2 Å². The molecule has 0 saturated carbocycles. The van der Waals surface area contributed by atoms with E-state index in [2.05, 4.69) is 10.2 Å². The topological polar surface area (TPSA) is 69.7 Å². The molecular formula is C21H25Cl2N3O3S. The molecule has 3 rings (SSSR count). The van der Waals surface area contributed by atoms with Crippen molar-refractivity contribution in [1.82, 2.24) is 9.21 Å². The number of carbonyl (C=O) groups is 1. The number of hydrogen-bond acceptors (Lipinski definition) is 4. The fourth-order valence-corrected chi connectivity index (χ4v) is 5.29. The number of likely N-dealkylation sites (N-methyl/N-ethyl adjacent to an activating group) is 1. The number of anilines is 1. The summed E-state index contributed by atoms with van der Waals surface area (Å²) in [4.78, 5) is 14.7. The van der Waals surface area contributed by atoms with Crippen LogP contribution in [0.1, 0.15) is 17.5 Å². The lowest BCUT2D eigenvalue weighted by Gasteiger charge is -2.32. The third kappa shape index (κ3) is 5.53. The lowest BCUT2D eigenvalue weighted by Crippen LogP contribution is -2.47. The van der Waals surface area contributed by atoms with Crippen LogP contribution in [0.4, 0.5) is 5.69 Å². The normalized spacial score (nSPS) is 15.9. The Hall–Kier alpha value is -1.64. The van der Waals surface area contributed by atoms with Crippen LogP contribution in [0.25, 0.3) is 0 Å². The summed E-state index contributed by atoms with van der Waals surface area (Å²) < 4.78 is 27.7. The molecule has 0 spiro atoms. The molecule has 2 aromatic carbocycles. The first kappa shape index (κ1) is 23.0. The molecule has 1 saturated heterocycles. The summed E-state index contributed by atoms with van der Waals surface area (Å²) >= 11 is 11.9. The maximum Gasteiger partial charge on any atom is 0.243 e. The van der Waals surface area contributed by atoms with E-state index >= 15 is 0 Å². The Morgan fingerprint density at radius 2 is 1.73 bits per heavy atom. The molecule has 1 aliphatic heterocycles. The molecule has 1 fully saturated rings. The van der Waals surface area contributed by atoms with E-state index in [0.717, 1.165) is 5.56 Å². The Morgan fingerprint density at radius 3 is 2.40 bits per heavy atom. The Kier molecular flexibility index (Phi) is 7.42. The van der Waals surface area contributed by atoms with Crippen molar-refractivity contribution in [2.24, 2.45) is 0 Å². The number of benzene rings is 2. The number of hydrogen-bond donors (Lipinski definition) is 1. The van der Waals surface area contributed by atoms with E-state index in [0.29, 0.717) is 53.9 Å². The minimum absolute atomic E-state index is 0.201. The molecule has 0 unspecified atom stereocenters. The first-order valence-electron chi connectivity index (χ1n) is 9.70. The summed E-state index contributed by atoms with van der Waals surface area (Å²) in [7, 11) is -1.63. The third-order valence-electron chi connectivity index (χ3n) is 5.18. The molecule has 0 atom stereocenters. The number of piperazine rings is 1. The standard InChI is InChI=1S/C21H25Cl2N3O3S/c1-15-3-6-17(14-20(15)30(28,29)26-11-9-25(2)10-12-26)24-21(27)8-5-16-4-7-18(22)19(23)13-16/h3-4,6-7,13-14H,5,8-12H2,1-2H3,(H,24,27). The zero-order valence-electron chi connectivity index (χ0n) is 17.0. The summed E-state index contributed by atoms with van der Waals surface area (Å²) in [6.07, 6.45) is 0.743. The highest BCUT2D eigenvalue weighted by atomic mass is 35.5. The largest absolute Gasteiger partial charge is 0.326 e. The number of sulfonamides is 1. The Bertz CT molecular complexity index is 1040. The average molecular weight is 470 g/mol. The van der Waals surface area contributed by atoms with Gasteiger partial charge in [0.25, 0.3) is 0 Å². The molecule has 30 heavy (non-hydrogen) atoms. The number of aryl methyl sites for hydroxylation is 2. The molecule has 0 aliphatic carbocycles. The molecule has 0 bridgehead atoms. The zero-order valence-corrected chi connectivity index (χ0v) is 19.3. The van der Waals surface area contributed by atoms with Crippen molar-refractivity contribution < 1.29 is 13.2 Å². The Balaban J connectivity index is 1.68. The SMILES string of the molecule is Cc1ccc(NC(=O)CCc2ccc(Cl)c(Cl)c2)cc1S(=O)(=O)N1CCN(C)CC1. The second-order valence-electron chi connectivity index (χ2n) is 7.48. The summed E-state index contributed by atoms with van der Waals surface area (Å²) in [5.41, 5.74) is 2.02. The summed E-state index contributed by atoms with van der Waals surface area (Å²) in [6.45, 7) is 4.07. The molecule has 0 aromatic heterocycles. The van der Waals surface area contributed by atoms with Gasteiger partial charge in [-0.1, -0.05) is 35.3 Å². The minimum Gasteiger partial charge on any atom is -0.326 e. The van der Waals surface area contributed by atoms with E-state index in [9.17, 15) is 13.2 Å². The molecule has 2 aromatic rings. The number of halogens is 2. The lowest BCUT2D eigenvalue weighted by molar-refractivity contribution is -0.116. The van der Waals surface area contributed by atoms with Crippen molar-refractivity contribution >= 4 is 44.8 Å². The van der Waals surface area contributed by atoms with Crippen molar-refractivity contribution in [3.05, 3.63) is 57.6 Å². The molecule has 1 heterocycles.